The molecule has 0 heterocycles. The minimum absolute atomic E-state index is 0.0612. The van der Waals surface area contributed by atoms with Crippen LogP contribution in [0.25, 0.3) is 0 Å². The number of aliphatic hydroxyl groups is 1. The van der Waals surface area contributed by atoms with E-state index in [0.717, 1.165) is 12.8 Å². The second kappa shape index (κ2) is 4.94. The number of aliphatic hydroxyl groups excluding tert-OH is 1. The van der Waals surface area contributed by atoms with Gasteiger partial charge < -0.3 is 16.2 Å². The molecular formula is C11H22N2O2. The molecule has 0 spiro atoms. The highest BCUT2D eigenvalue weighted by Crippen LogP contribution is 2.26. The Morgan fingerprint density at radius 2 is 2.00 bits per heavy atom. The Morgan fingerprint density at radius 3 is 2.40 bits per heavy atom. The predicted octanol–water partition coefficient (Wildman–Crippen LogP) is 0.391. The van der Waals surface area contributed by atoms with Crippen LogP contribution in [0.5, 0.6) is 0 Å². The molecule has 0 radical (unpaired) electrons. The van der Waals surface area contributed by atoms with Gasteiger partial charge in [0.1, 0.15) is 0 Å². The van der Waals surface area contributed by atoms with Gasteiger partial charge in [-0.05, 0) is 31.6 Å². The van der Waals surface area contributed by atoms with Crippen LogP contribution < -0.4 is 11.1 Å². The van der Waals surface area contributed by atoms with Crippen LogP contribution >= 0.6 is 0 Å². The third-order valence-corrected chi connectivity index (χ3v) is 3.48. The van der Waals surface area contributed by atoms with Crippen LogP contribution in [0, 0.1) is 5.92 Å². The maximum atomic E-state index is 11.8. The first-order chi connectivity index (χ1) is 7.01. The minimum atomic E-state index is -0.720. The molecule has 1 rings (SSSR count). The lowest BCUT2D eigenvalue weighted by molar-refractivity contribution is -0.127. The first-order valence-electron chi connectivity index (χ1n) is 5.77. The van der Waals surface area contributed by atoms with E-state index in [9.17, 15) is 4.79 Å². The molecule has 1 amide bonds. The molecule has 0 atom stereocenters. The zero-order chi connectivity index (χ0) is 11.5. The van der Waals surface area contributed by atoms with Crippen molar-refractivity contribution >= 4 is 5.91 Å². The molecule has 1 saturated carbocycles. The molecule has 0 saturated heterocycles. The van der Waals surface area contributed by atoms with Crippen molar-refractivity contribution in [2.24, 2.45) is 11.7 Å². The summed E-state index contributed by atoms with van der Waals surface area (Å²) in [5.74, 6) is 0.371. The number of rotatable bonds is 5. The summed E-state index contributed by atoms with van der Waals surface area (Å²) in [6.45, 7) is 4.50. The summed E-state index contributed by atoms with van der Waals surface area (Å²) in [4.78, 5) is 11.8. The molecular weight excluding hydrogens is 192 g/mol. The summed E-state index contributed by atoms with van der Waals surface area (Å²) in [5, 5.41) is 12.0. The van der Waals surface area contributed by atoms with Crippen molar-refractivity contribution < 1.29 is 9.90 Å². The van der Waals surface area contributed by atoms with E-state index >= 15 is 0 Å². The molecule has 0 aromatic rings. The van der Waals surface area contributed by atoms with E-state index in [1.165, 1.54) is 0 Å². The van der Waals surface area contributed by atoms with Gasteiger partial charge in [-0.25, -0.2) is 0 Å². The van der Waals surface area contributed by atoms with Crippen LogP contribution in [0.15, 0.2) is 0 Å². The van der Waals surface area contributed by atoms with E-state index in [1.807, 2.05) is 13.8 Å². The molecule has 4 heteroatoms. The molecule has 0 aromatic heterocycles. The molecule has 4 nitrogen and oxygen atoms in total. The Balaban J connectivity index is 2.29. The minimum Gasteiger partial charge on any atom is -0.393 e. The maximum Gasteiger partial charge on any atom is 0.240 e. The smallest absolute Gasteiger partial charge is 0.240 e. The van der Waals surface area contributed by atoms with Crippen LogP contribution in [-0.4, -0.2) is 29.2 Å². The largest absolute Gasteiger partial charge is 0.393 e. The van der Waals surface area contributed by atoms with Gasteiger partial charge in [0.05, 0.1) is 11.6 Å². The average molecular weight is 214 g/mol. The number of amides is 1. The normalized spacial score (nSPS) is 25.9. The Morgan fingerprint density at radius 1 is 1.47 bits per heavy atom. The Labute approximate surface area is 91.2 Å². The highest BCUT2D eigenvalue weighted by molar-refractivity contribution is 5.85. The van der Waals surface area contributed by atoms with Crippen LogP contribution in [0.1, 0.15) is 39.5 Å². The number of carbonyl (C=O) groups is 1. The van der Waals surface area contributed by atoms with Gasteiger partial charge in [0.25, 0.3) is 0 Å². The van der Waals surface area contributed by atoms with Crippen molar-refractivity contribution in [1.82, 2.24) is 5.32 Å². The molecule has 1 fully saturated rings. The summed E-state index contributed by atoms with van der Waals surface area (Å²) < 4.78 is 0. The zero-order valence-corrected chi connectivity index (χ0v) is 9.62. The monoisotopic (exact) mass is 214 g/mol. The van der Waals surface area contributed by atoms with Crippen molar-refractivity contribution in [3.05, 3.63) is 0 Å². The molecule has 1 aliphatic rings. The van der Waals surface area contributed by atoms with Crippen molar-refractivity contribution in [2.45, 2.75) is 51.2 Å². The highest BCUT2D eigenvalue weighted by atomic mass is 16.3. The summed E-state index contributed by atoms with van der Waals surface area (Å²) >= 11 is 0. The second-order valence-corrected chi connectivity index (χ2v) is 4.56. The van der Waals surface area contributed by atoms with Gasteiger partial charge in [0, 0.05) is 6.54 Å². The molecule has 0 aliphatic heterocycles. The fourth-order valence-electron chi connectivity index (χ4n) is 1.85. The summed E-state index contributed by atoms with van der Waals surface area (Å²) in [6.07, 6.45) is 2.75. The Bertz CT molecular complexity index is 221. The molecule has 0 aromatic carbocycles. The predicted molar refractivity (Wildman–Crippen MR) is 59.2 cm³/mol. The quantitative estimate of drug-likeness (QED) is 0.619. The van der Waals surface area contributed by atoms with E-state index < -0.39 is 5.54 Å². The van der Waals surface area contributed by atoms with Crippen molar-refractivity contribution in [3.8, 4) is 0 Å². The number of nitrogens with one attached hydrogen (secondary N) is 1. The molecule has 15 heavy (non-hydrogen) atoms. The standard InChI is InChI=1S/C11H22N2O2/c1-3-11(12,4-2)10(15)13-7-8-5-9(14)6-8/h8-9,14H,3-7,12H2,1-2H3,(H,13,15). The van der Waals surface area contributed by atoms with Gasteiger partial charge in [0.15, 0.2) is 0 Å². The first kappa shape index (κ1) is 12.5. The van der Waals surface area contributed by atoms with Gasteiger partial charge in [-0.3, -0.25) is 4.79 Å². The summed E-state index contributed by atoms with van der Waals surface area (Å²) in [7, 11) is 0. The summed E-state index contributed by atoms with van der Waals surface area (Å²) in [5.41, 5.74) is 5.23. The van der Waals surface area contributed by atoms with E-state index in [1.54, 1.807) is 0 Å². The van der Waals surface area contributed by atoms with Gasteiger partial charge >= 0.3 is 0 Å². The van der Waals surface area contributed by atoms with Gasteiger partial charge in [-0.15, -0.1) is 0 Å². The highest BCUT2D eigenvalue weighted by Gasteiger charge is 2.32. The maximum absolute atomic E-state index is 11.8. The number of nitrogens with two attached hydrogens (primary N) is 1. The third-order valence-electron chi connectivity index (χ3n) is 3.48. The Kier molecular flexibility index (Phi) is 4.11. The lowest BCUT2D eigenvalue weighted by Gasteiger charge is -2.33. The lowest BCUT2D eigenvalue weighted by atomic mass is 9.82. The fraction of sp³-hybridized carbons (Fsp3) is 0.909. The molecule has 0 bridgehead atoms. The Hall–Kier alpha value is -0.610. The third kappa shape index (κ3) is 2.92. The first-order valence-corrected chi connectivity index (χ1v) is 5.77. The van der Waals surface area contributed by atoms with Crippen molar-refractivity contribution in [1.29, 1.82) is 0 Å². The zero-order valence-electron chi connectivity index (χ0n) is 9.62. The van der Waals surface area contributed by atoms with Crippen molar-refractivity contribution in [2.75, 3.05) is 6.54 Å². The van der Waals surface area contributed by atoms with Gasteiger partial charge in [0.2, 0.25) is 5.91 Å². The van der Waals surface area contributed by atoms with Crippen LogP contribution in [0.3, 0.4) is 0 Å². The van der Waals surface area contributed by atoms with Crippen LogP contribution in [0.2, 0.25) is 0 Å². The summed E-state index contributed by atoms with van der Waals surface area (Å²) in [6, 6.07) is 0. The average Bonchev–Trinajstić information content (AvgIpc) is 2.21. The van der Waals surface area contributed by atoms with Crippen LogP contribution in [-0.2, 0) is 4.79 Å². The van der Waals surface area contributed by atoms with E-state index in [2.05, 4.69) is 5.32 Å². The SMILES string of the molecule is CCC(N)(CC)C(=O)NCC1CC(O)C1. The molecule has 88 valence electrons. The molecule has 0 unspecified atom stereocenters. The topological polar surface area (TPSA) is 75.4 Å². The van der Waals surface area contributed by atoms with Gasteiger partial charge in [-0.1, -0.05) is 13.8 Å². The number of hydrogen-bond acceptors (Lipinski definition) is 3. The van der Waals surface area contributed by atoms with E-state index in [0.29, 0.717) is 25.3 Å². The van der Waals surface area contributed by atoms with Crippen LogP contribution in [0.4, 0.5) is 0 Å². The number of hydrogen-bond donors (Lipinski definition) is 3. The van der Waals surface area contributed by atoms with Gasteiger partial charge in [-0.2, -0.15) is 0 Å². The second-order valence-electron chi connectivity index (χ2n) is 4.56. The number of carbonyl (C=O) groups excluding carboxylic acids is 1. The molecule has 4 N–H and O–H groups in total. The fourth-order valence-corrected chi connectivity index (χ4v) is 1.85. The lowest BCUT2D eigenvalue weighted by Crippen LogP contribution is -2.54. The van der Waals surface area contributed by atoms with E-state index in [4.69, 9.17) is 10.8 Å². The van der Waals surface area contributed by atoms with Crippen molar-refractivity contribution in [3.63, 3.8) is 0 Å². The molecule has 1 aliphatic carbocycles. The van der Waals surface area contributed by atoms with E-state index in [-0.39, 0.29) is 12.0 Å².